The fourth-order valence-electron chi connectivity index (χ4n) is 4.29. The predicted molar refractivity (Wildman–Crippen MR) is 107 cm³/mol. The Morgan fingerprint density at radius 2 is 1.75 bits per heavy atom. The molecule has 2 aliphatic rings. The van der Waals surface area contributed by atoms with Crippen molar-refractivity contribution in [1.82, 2.24) is 9.21 Å². The van der Waals surface area contributed by atoms with Gasteiger partial charge in [-0.05, 0) is 24.5 Å². The molecule has 3 rings (SSSR count). The van der Waals surface area contributed by atoms with E-state index in [1.54, 1.807) is 24.3 Å². The van der Waals surface area contributed by atoms with E-state index in [2.05, 4.69) is 7.05 Å². The standard InChI is InChI=1S/C20H32N4O3S/c1-17(2)20-23(19(25)16-22-14-12-21(3)13-15-22)10-7-11-24(20)28(26,27)18-8-5-4-6-9-18/h4-6,8-9,17,20H,7,10-16H2,1-3H3/p+2/t20-/m0/s1. The molecule has 0 saturated carbocycles. The maximum Gasteiger partial charge on any atom is 0.279 e. The first kappa shape index (κ1) is 21.2. The molecule has 2 N–H and O–H groups in total. The summed E-state index contributed by atoms with van der Waals surface area (Å²) in [5.41, 5.74) is 0. The van der Waals surface area contributed by atoms with E-state index in [4.69, 9.17) is 0 Å². The van der Waals surface area contributed by atoms with Crippen LogP contribution in [0.4, 0.5) is 0 Å². The summed E-state index contributed by atoms with van der Waals surface area (Å²) < 4.78 is 28.1. The minimum absolute atomic E-state index is 0.0228. The topological polar surface area (TPSA) is 66.6 Å². The number of hydrogen-bond donors (Lipinski definition) is 2. The predicted octanol–water partition coefficient (Wildman–Crippen LogP) is -1.70. The molecule has 0 bridgehead atoms. The number of piperazine rings is 1. The lowest BCUT2D eigenvalue weighted by atomic mass is 10.1. The number of nitrogens with one attached hydrogen (secondary N) is 2. The van der Waals surface area contributed by atoms with Crippen LogP contribution in [-0.2, 0) is 14.8 Å². The summed E-state index contributed by atoms with van der Waals surface area (Å²) >= 11 is 0. The van der Waals surface area contributed by atoms with E-state index in [0.29, 0.717) is 31.0 Å². The lowest BCUT2D eigenvalue weighted by Crippen LogP contribution is -3.27. The summed E-state index contributed by atoms with van der Waals surface area (Å²) in [6.07, 6.45) is 0.243. The summed E-state index contributed by atoms with van der Waals surface area (Å²) in [6, 6.07) is 8.55. The first-order valence-corrected chi connectivity index (χ1v) is 11.8. The molecule has 2 fully saturated rings. The van der Waals surface area contributed by atoms with Crippen LogP contribution >= 0.6 is 0 Å². The van der Waals surface area contributed by atoms with Gasteiger partial charge < -0.3 is 14.7 Å². The normalized spacial score (nSPS) is 27.1. The highest BCUT2D eigenvalue weighted by molar-refractivity contribution is 7.89. The lowest BCUT2D eigenvalue weighted by molar-refractivity contribution is -1.000. The fourth-order valence-corrected chi connectivity index (χ4v) is 6.08. The third-order valence-electron chi connectivity index (χ3n) is 5.87. The Hall–Kier alpha value is -1.48. The van der Waals surface area contributed by atoms with Crippen molar-refractivity contribution in [1.29, 1.82) is 0 Å². The van der Waals surface area contributed by atoms with Gasteiger partial charge in [-0.15, -0.1) is 0 Å². The maximum absolute atomic E-state index is 13.3. The highest BCUT2D eigenvalue weighted by atomic mass is 32.2. The van der Waals surface area contributed by atoms with Crippen LogP contribution in [-0.4, -0.2) is 82.6 Å². The van der Waals surface area contributed by atoms with Crippen molar-refractivity contribution in [3.63, 3.8) is 0 Å². The van der Waals surface area contributed by atoms with E-state index in [1.165, 1.54) is 14.1 Å². The summed E-state index contributed by atoms with van der Waals surface area (Å²) in [5.74, 6) is 0.0934. The molecule has 8 heteroatoms. The van der Waals surface area contributed by atoms with Crippen LogP contribution in [0.1, 0.15) is 20.3 Å². The van der Waals surface area contributed by atoms with Gasteiger partial charge in [-0.1, -0.05) is 32.0 Å². The molecule has 2 heterocycles. The zero-order chi connectivity index (χ0) is 20.3. The molecular weight excluding hydrogens is 376 g/mol. The van der Waals surface area contributed by atoms with Crippen LogP contribution in [0.5, 0.6) is 0 Å². The quantitative estimate of drug-likeness (QED) is 0.609. The molecule has 1 aromatic rings. The van der Waals surface area contributed by atoms with Crippen molar-refractivity contribution in [3.8, 4) is 0 Å². The fraction of sp³-hybridized carbons (Fsp3) is 0.650. The maximum atomic E-state index is 13.3. The molecule has 0 aromatic heterocycles. The summed E-state index contributed by atoms with van der Waals surface area (Å²) in [6.45, 7) is 9.65. The van der Waals surface area contributed by atoms with Gasteiger partial charge in [0.1, 0.15) is 32.3 Å². The molecule has 7 nitrogen and oxygen atoms in total. The monoisotopic (exact) mass is 410 g/mol. The van der Waals surface area contributed by atoms with E-state index >= 15 is 0 Å². The Morgan fingerprint density at radius 3 is 2.36 bits per heavy atom. The van der Waals surface area contributed by atoms with Gasteiger partial charge in [0.2, 0.25) is 10.0 Å². The average Bonchev–Trinajstić information content (AvgIpc) is 2.69. The smallest absolute Gasteiger partial charge is 0.279 e. The minimum atomic E-state index is -3.63. The molecule has 2 aliphatic heterocycles. The van der Waals surface area contributed by atoms with Crippen LogP contribution in [0.2, 0.25) is 0 Å². The molecule has 1 amide bonds. The number of carbonyl (C=O) groups excluding carboxylic acids is 1. The highest BCUT2D eigenvalue weighted by Gasteiger charge is 2.42. The SMILES string of the molecule is CC(C)[C@H]1N(C(=O)C[NH+]2CC[NH+](C)CC2)CCCN1S(=O)(=O)c1ccccc1. The van der Waals surface area contributed by atoms with Crippen LogP contribution < -0.4 is 9.80 Å². The van der Waals surface area contributed by atoms with E-state index < -0.39 is 16.2 Å². The van der Waals surface area contributed by atoms with E-state index in [-0.39, 0.29) is 11.8 Å². The third-order valence-corrected chi connectivity index (χ3v) is 7.75. The number of likely N-dealkylation sites (N-methyl/N-ethyl adjacent to an activating group) is 1. The van der Waals surface area contributed by atoms with Crippen molar-refractivity contribution in [2.75, 3.05) is 52.9 Å². The number of hydrogen-bond acceptors (Lipinski definition) is 3. The van der Waals surface area contributed by atoms with Crippen molar-refractivity contribution >= 4 is 15.9 Å². The number of nitrogens with zero attached hydrogens (tertiary/aromatic N) is 2. The van der Waals surface area contributed by atoms with Crippen molar-refractivity contribution < 1.29 is 23.0 Å². The Balaban J connectivity index is 1.79. The number of rotatable bonds is 5. The summed E-state index contributed by atoms with van der Waals surface area (Å²) in [5, 5.41) is 0. The van der Waals surface area contributed by atoms with Gasteiger partial charge in [-0.2, -0.15) is 4.31 Å². The van der Waals surface area contributed by atoms with Crippen molar-refractivity contribution in [3.05, 3.63) is 30.3 Å². The second-order valence-corrected chi connectivity index (χ2v) is 10.3. The minimum Gasteiger partial charge on any atom is -0.328 e. The van der Waals surface area contributed by atoms with Crippen LogP contribution in [0.15, 0.2) is 35.2 Å². The molecule has 156 valence electrons. The molecule has 0 unspecified atom stereocenters. The first-order valence-electron chi connectivity index (χ1n) is 10.3. The third kappa shape index (κ3) is 4.56. The highest BCUT2D eigenvalue weighted by Crippen LogP contribution is 2.27. The number of amides is 1. The van der Waals surface area contributed by atoms with Gasteiger partial charge in [0.25, 0.3) is 5.91 Å². The van der Waals surface area contributed by atoms with Gasteiger partial charge in [0.15, 0.2) is 6.54 Å². The number of quaternary nitrogens is 2. The number of sulfonamides is 1. The second kappa shape index (κ2) is 8.90. The van der Waals surface area contributed by atoms with E-state index in [1.807, 2.05) is 24.8 Å². The Morgan fingerprint density at radius 1 is 1.11 bits per heavy atom. The Bertz CT molecular complexity index is 761. The molecule has 1 aromatic carbocycles. The molecule has 0 spiro atoms. The van der Waals surface area contributed by atoms with E-state index in [0.717, 1.165) is 26.2 Å². The largest absolute Gasteiger partial charge is 0.328 e. The van der Waals surface area contributed by atoms with Gasteiger partial charge >= 0.3 is 0 Å². The average molecular weight is 411 g/mol. The first-order chi connectivity index (χ1) is 13.3. The Labute approximate surface area is 168 Å². The second-order valence-electron chi connectivity index (χ2n) is 8.41. The zero-order valence-corrected chi connectivity index (χ0v) is 18.0. The van der Waals surface area contributed by atoms with Gasteiger partial charge in [0.05, 0.1) is 11.9 Å². The van der Waals surface area contributed by atoms with Crippen LogP contribution in [0.25, 0.3) is 0 Å². The number of carbonyl (C=O) groups is 1. The summed E-state index contributed by atoms with van der Waals surface area (Å²) in [7, 11) is -1.45. The number of benzene rings is 1. The lowest BCUT2D eigenvalue weighted by Gasteiger charge is -2.45. The van der Waals surface area contributed by atoms with Crippen molar-refractivity contribution in [2.45, 2.75) is 31.3 Å². The molecule has 2 saturated heterocycles. The summed E-state index contributed by atoms with van der Waals surface area (Å²) in [4.78, 5) is 18.1. The zero-order valence-electron chi connectivity index (χ0n) is 17.2. The molecule has 1 atom stereocenters. The Kier molecular flexibility index (Phi) is 6.75. The van der Waals surface area contributed by atoms with Gasteiger partial charge in [-0.3, -0.25) is 4.79 Å². The molecule has 0 radical (unpaired) electrons. The van der Waals surface area contributed by atoms with E-state index in [9.17, 15) is 13.2 Å². The molecule has 0 aliphatic carbocycles. The van der Waals surface area contributed by atoms with Crippen LogP contribution in [0, 0.1) is 5.92 Å². The van der Waals surface area contributed by atoms with Gasteiger partial charge in [-0.25, -0.2) is 8.42 Å². The molecular formula is C20H34N4O3S+2. The van der Waals surface area contributed by atoms with Crippen molar-refractivity contribution in [2.24, 2.45) is 5.92 Å². The van der Waals surface area contributed by atoms with Crippen LogP contribution in [0.3, 0.4) is 0 Å². The molecule has 28 heavy (non-hydrogen) atoms. The van der Waals surface area contributed by atoms with Gasteiger partial charge in [0, 0.05) is 13.1 Å².